The van der Waals surface area contributed by atoms with Gasteiger partial charge in [0.2, 0.25) is 5.91 Å². The minimum absolute atomic E-state index is 0.404. The van der Waals surface area contributed by atoms with Gasteiger partial charge in [-0.05, 0) is 17.5 Å². The highest BCUT2D eigenvalue weighted by molar-refractivity contribution is 5.77. The number of hydrogen-bond donors (Lipinski definition) is 0. The van der Waals surface area contributed by atoms with Crippen molar-refractivity contribution in [2.24, 2.45) is 0 Å². The summed E-state index contributed by atoms with van der Waals surface area (Å²) in [5.41, 5.74) is 2.22. The molecule has 0 saturated carbocycles. The van der Waals surface area contributed by atoms with E-state index in [2.05, 4.69) is 4.74 Å². The molecule has 3 nitrogen and oxygen atoms in total. The van der Waals surface area contributed by atoms with Crippen LogP contribution in [0.2, 0.25) is 0 Å². The van der Waals surface area contributed by atoms with Crippen molar-refractivity contribution in [2.75, 3.05) is 19.8 Å². The van der Waals surface area contributed by atoms with Crippen molar-refractivity contribution in [2.45, 2.75) is 19.1 Å². The third kappa shape index (κ3) is 3.96. The van der Waals surface area contributed by atoms with Crippen molar-refractivity contribution in [3.63, 3.8) is 0 Å². The predicted molar refractivity (Wildman–Crippen MR) is 62.4 cm³/mol. The lowest BCUT2D eigenvalue weighted by atomic mass is 10.00. The first kappa shape index (κ1) is 13.9. The molecule has 0 unspecified atom stereocenters. The average Bonchev–Trinajstić information content (AvgIpc) is 2.36. The topological polar surface area (TPSA) is 29.5 Å². The molecule has 1 aromatic carbocycles. The molecule has 0 saturated heterocycles. The van der Waals surface area contributed by atoms with Crippen LogP contribution in [0.3, 0.4) is 0 Å². The standard InChI is InChI=1S/C13H14F3NO2/c14-13(15,16)9-19-8-12(18)17-6-5-10-3-1-2-4-11(10)7-17/h1-4H,5-9H2. The van der Waals surface area contributed by atoms with Crippen molar-refractivity contribution < 1.29 is 22.7 Å². The first-order valence-electron chi connectivity index (χ1n) is 5.95. The molecule has 19 heavy (non-hydrogen) atoms. The lowest BCUT2D eigenvalue weighted by Crippen LogP contribution is -2.38. The fourth-order valence-corrected chi connectivity index (χ4v) is 2.05. The Morgan fingerprint density at radius 2 is 1.95 bits per heavy atom. The molecular weight excluding hydrogens is 259 g/mol. The summed E-state index contributed by atoms with van der Waals surface area (Å²) in [4.78, 5) is 13.3. The Morgan fingerprint density at radius 3 is 2.63 bits per heavy atom. The SMILES string of the molecule is O=C(COCC(F)(F)F)N1CCc2ccccc2C1. The van der Waals surface area contributed by atoms with Crippen molar-refractivity contribution in [1.82, 2.24) is 4.90 Å². The van der Waals surface area contributed by atoms with E-state index in [9.17, 15) is 18.0 Å². The van der Waals surface area contributed by atoms with Crippen LogP contribution in [-0.2, 0) is 22.5 Å². The van der Waals surface area contributed by atoms with E-state index in [-0.39, 0.29) is 0 Å². The summed E-state index contributed by atoms with van der Waals surface area (Å²) in [6.45, 7) is -0.958. The van der Waals surface area contributed by atoms with Gasteiger partial charge in [0.25, 0.3) is 0 Å². The fraction of sp³-hybridized carbons (Fsp3) is 0.462. The largest absolute Gasteiger partial charge is 0.411 e. The highest BCUT2D eigenvalue weighted by Crippen LogP contribution is 2.19. The summed E-state index contributed by atoms with van der Waals surface area (Å²) in [5, 5.41) is 0. The number of ether oxygens (including phenoxy) is 1. The zero-order chi connectivity index (χ0) is 13.9. The van der Waals surface area contributed by atoms with Gasteiger partial charge in [0.05, 0.1) is 0 Å². The minimum atomic E-state index is -4.39. The van der Waals surface area contributed by atoms with Gasteiger partial charge in [-0.1, -0.05) is 24.3 Å². The molecule has 1 amide bonds. The van der Waals surface area contributed by atoms with Gasteiger partial charge in [0, 0.05) is 13.1 Å². The van der Waals surface area contributed by atoms with Gasteiger partial charge in [0.1, 0.15) is 13.2 Å². The second-order valence-electron chi connectivity index (χ2n) is 4.44. The Hall–Kier alpha value is -1.56. The Kier molecular flexibility index (Phi) is 4.09. The number of benzene rings is 1. The summed E-state index contributed by atoms with van der Waals surface area (Å²) in [6.07, 6.45) is -3.67. The molecule has 1 aliphatic heterocycles. The van der Waals surface area contributed by atoms with Gasteiger partial charge >= 0.3 is 6.18 Å². The molecule has 0 spiro atoms. The van der Waals surface area contributed by atoms with Crippen LogP contribution < -0.4 is 0 Å². The third-order valence-corrected chi connectivity index (χ3v) is 2.97. The van der Waals surface area contributed by atoms with Crippen molar-refractivity contribution in [3.8, 4) is 0 Å². The lowest BCUT2D eigenvalue weighted by molar-refractivity contribution is -0.178. The molecule has 2 rings (SSSR count). The molecule has 104 valence electrons. The summed E-state index contributed by atoms with van der Waals surface area (Å²) >= 11 is 0. The zero-order valence-corrected chi connectivity index (χ0v) is 10.2. The van der Waals surface area contributed by atoms with E-state index in [4.69, 9.17) is 0 Å². The van der Waals surface area contributed by atoms with Crippen LogP contribution in [-0.4, -0.2) is 36.7 Å². The Labute approximate surface area is 109 Å². The van der Waals surface area contributed by atoms with E-state index in [1.165, 1.54) is 10.5 Å². The minimum Gasteiger partial charge on any atom is -0.362 e. The highest BCUT2D eigenvalue weighted by Gasteiger charge is 2.28. The van der Waals surface area contributed by atoms with Crippen LogP contribution in [0.25, 0.3) is 0 Å². The second kappa shape index (κ2) is 5.61. The van der Waals surface area contributed by atoms with E-state index in [0.717, 1.165) is 12.0 Å². The van der Waals surface area contributed by atoms with Crippen molar-refractivity contribution >= 4 is 5.91 Å². The van der Waals surface area contributed by atoms with E-state index in [0.29, 0.717) is 13.1 Å². The first-order chi connectivity index (χ1) is 8.96. The molecular formula is C13H14F3NO2. The average molecular weight is 273 g/mol. The quantitative estimate of drug-likeness (QED) is 0.844. The van der Waals surface area contributed by atoms with E-state index < -0.39 is 25.3 Å². The van der Waals surface area contributed by atoms with Crippen LogP contribution in [0.1, 0.15) is 11.1 Å². The molecule has 0 bridgehead atoms. The third-order valence-electron chi connectivity index (χ3n) is 2.97. The van der Waals surface area contributed by atoms with Gasteiger partial charge in [-0.15, -0.1) is 0 Å². The summed E-state index contributed by atoms with van der Waals surface area (Å²) in [6, 6.07) is 7.73. The number of halogens is 3. The van der Waals surface area contributed by atoms with E-state index >= 15 is 0 Å². The van der Waals surface area contributed by atoms with Crippen LogP contribution in [0.4, 0.5) is 13.2 Å². The van der Waals surface area contributed by atoms with Gasteiger partial charge in [-0.2, -0.15) is 13.2 Å². The number of alkyl halides is 3. The van der Waals surface area contributed by atoms with Crippen LogP contribution in [0, 0.1) is 0 Å². The van der Waals surface area contributed by atoms with Crippen LogP contribution in [0.15, 0.2) is 24.3 Å². The summed E-state index contributed by atoms with van der Waals surface area (Å²) in [5.74, 6) is -0.404. The monoisotopic (exact) mass is 273 g/mol. The number of carbonyl (C=O) groups excluding carboxylic acids is 1. The number of amides is 1. The normalized spacial score (nSPS) is 15.2. The number of hydrogen-bond acceptors (Lipinski definition) is 2. The van der Waals surface area contributed by atoms with Crippen molar-refractivity contribution in [1.29, 1.82) is 0 Å². The molecule has 1 heterocycles. The Morgan fingerprint density at radius 1 is 1.26 bits per heavy atom. The van der Waals surface area contributed by atoms with Gasteiger partial charge in [0.15, 0.2) is 0 Å². The molecule has 0 atom stereocenters. The fourth-order valence-electron chi connectivity index (χ4n) is 2.05. The predicted octanol–water partition coefficient (Wildman–Crippen LogP) is 2.15. The number of nitrogens with zero attached hydrogens (tertiary/aromatic N) is 1. The Bertz CT molecular complexity index is 459. The Balaban J connectivity index is 1.85. The van der Waals surface area contributed by atoms with Crippen LogP contribution in [0.5, 0.6) is 0 Å². The van der Waals surface area contributed by atoms with Crippen LogP contribution >= 0.6 is 0 Å². The van der Waals surface area contributed by atoms with Gasteiger partial charge in [-0.25, -0.2) is 0 Å². The van der Waals surface area contributed by atoms with Gasteiger partial charge in [-0.3, -0.25) is 4.79 Å². The molecule has 1 aromatic rings. The molecule has 0 aromatic heterocycles. The molecule has 1 aliphatic rings. The number of fused-ring (bicyclic) bond motifs is 1. The molecule has 0 radical (unpaired) electrons. The molecule has 0 aliphatic carbocycles. The lowest BCUT2D eigenvalue weighted by Gasteiger charge is -2.28. The maximum Gasteiger partial charge on any atom is 0.411 e. The van der Waals surface area contributed by atoms with E-state index in [1.54, 1.807) is 0 Å². The highest BCUT2D eigenvalue weighted by atomic mass is 19.4. The number of rotatable bonds is 3. The first-order valence-corrected chi connectivity index (χ1v) is 5.95. The van der Waals surface area contributed by atoms with Crippen molar-refractivity contribution in [3.05, 3.63) is 35.4 Å². The molecule has 0 fully saturated rings. The van der Waals surface area contributed by atoms with Gasteiger partial charge < -0.3 is 9.64 Å². The zero-order valence-electron chi connectivity index (χ0n) is 10.2. The maximum atomic E-state index is 11.9. The summed E-state index contributed by atoms with van der Waals surface area (Å²) in [7, 11) is 0. The second-order valence-corrected chi connectivity index (χ2v) is 4.44. The maximum absolute atomic E-state index is 11.9. The number of carbonyl (C=O) groups is 1. The van der Waals surface area contributed by atoms with E-state index in [1.807, 2.05) is 24.3 Å². The molecule has 0 N–H and O–H groups in total. The smallest absolute Gasteiger partial charge is 0.362 e. The molecule has 6 heteroatoms. The summed E-state index contributed by atoms with van der Waals surface area (Å²) < 4.78 is 40.1.